The lowest BCUT2D eigenvalue weighted by molar-refractivity contribution is -0.116. The van der Waals surface area contributed by atoms with Crippen LogP contribution in [0.5, 0.6) is 0 Å². The van der Waals surface area contributed by atoms with E-state index in [9.17, 15) is 13.2 Å². The first-order valence-corrected chi connectivity index (χ1v) is 11.1. The van der Waals surface area contributed by atoms with E-state index >= 15 is 0 Å². The molecular weight excluding hydrogens is 386 g/mol. The van der Waals surface area contributed by atoms with Gasteiger partial charge in [-0.05, 0) is 42.2 Å². The normalized spacial score (nSPS) is 11.4. The SMILES string of the molecule is C=CCNS(=O)(=O)Cc1ccc(NC(=O)CCCc2c[nH]c3ccccc23)cc1. The third-order valence-corrected chi connectivity index (χ3v) is 5.89. The molecule has 0 bridgehead atoms. The fraction of sp³-hybridized carbons (Fsp3) is 0.227. The monoisotopic (exact) mass is 411 g/mol. The Bertz CT molecular complexity index is 1090. The van der Waals surface area contributed by atoms with Crippen molar-refractivity contribution in [2.45, 2.75) is 25.0 Å². The van der Waals surface area contributed by atoms with E-state index in [1.54, 1.807) is 24.3 Å². The number of sulfonamides is 1. The topological polar surface area (TPSA) is 91.1 Å². The van der Waals surface area contributed by atoms with Crippen molar-refractivity contribution in [1.82, 2.24) is 9.71 Å². The molecule has 0 saturated heterocycles. The minimum Gasteiger partial charge on any atom is -0.361 e. The van der Waals surface area contributed by atoms with Crippen LogP contribution in [0.4, 0.5) is 5.69 Å². The van der Waals surface area contributed by atoms with Gasteiger partial charge in [0.05, 0.1) is 5.75 Å². The maximum atomic E-state index is 12.2. The van der Waals surface area contributed by atoms with E-state index < -0.39 is 10.0 Å². The minimum absolute atomic E-state index is 0.0575. The Morgan fingerprint density at radius 1 is 1.10 bits per heavy atom. The van der Waals surface area contributed by atoms with Gasteiger partial charge < -0.3 is 10.3 Å². The molecule has 0 aliphatic heterocycles. The molecule has 3 N–H and O–H groups in total. The molecule has 6 nitrogen and oxygen atoms in total. The van der Waals surface area contributed by atoms with Crippen LogP contribution in [0, 0.1) is 0 Å². The summed E-state index contributed by atoms with van der Waals surface area (Å²) in [5.74, 6) is -0.169. The molecule has 0 fully saturated rings. The van der Waals surface area contributed by atoms with Crippen molar-refractivity contribution in [3.63, 3.8) is 0 Å². The van der Waals surface area contributed by atoms with E-state index in [-0.39, 0.29) is 18.2 Å². The van der Waals surface area contributed by atoms with E-state index in [2.05, 4.69) is 27.7 Å². The van der Waals surface area contributed by atoms with Crippen LogP contribution in [-0.2, 0) is 27.0 Å². The standard InChI is InChI=1S/C22H25N3O3S/c1-2-14-24-29(27,28)16-17-10-12-19(13-11-17)25-22(26)9-5-6-18-15-23-21-8-4-3-7-20(18)21/h2-4,7-8,10-13,15,23-24H,1,5-6,9,14,16H2,(H,25,26). The molecule has 29 heavy (non-hydrogen) atoms. The van der Waals surface area contributed by atoms with Gasteiger partial charge in [0.25, 0.3) is 0 Å². The van der Waals surface area contributed by atoms with Crippen LogP contribution in [0.2, 0.25) is 0 Å². The van der Waals surface area contributed by atoms with Crippen molar-refractivity contribution < 1.29 is 13.2 Å². The Balaban J connectivity index is 1.47. The van der Waals surface area contributed by atoms with Crippen LogP contribution in [0.15, 0.2) is 67.4 Å². The molecule has 0 spiro atoms. The number of carbonyl (C=O) groups is 1. The van der Waals surface area contributed by atoms with Crippen molar-refractivity contribution >= 4 is 32.5 Å². The third kappa shape index (κ3) is 6.04. The average Bonchev–Trinajstić information content (AvgIpc) is 3.11. The quantitative estimate of drug-likeness (QED) is 0.444. The molecule has 7 heteroatoms. The summed E-state index contributed by atoms with van der Waals surface area (Å²) >= 11 is 0. The molecule has 3 aromatic rings. The molecule has 0 saturated carbocycles. The van der Waals surface area contributed by atoms with Gasteiger partial charge in [0.2, 0.25) is 15.9 Å². The van der Waals surface area contributed by atoms with Crippen molar-refractivity contribution in [1.29, 1.82) is 0 Å². The average molecular weight is 412 g/mol. The second kappa shape index (κ2) is 9.54. The number of anilines is 1. The predicted molar refractivity (Wildman–Crippen MR) is 117 cm³/mol. The molecule has 2 aromatic carbocycles. The van der Waals surface area contributed by atoms with Crippen LogP contribution in [0.3, 0.4) is 0 Å². The van der Waals surface area contributed by atoms with Gasteiger partial charge >= 0.3 is 0 Å². The summed E-state index contributed by atoms with van der Waals surface area (Å²) in [6.07, 6.45) is 5.49. The van der Waals surface area contributed by atoms with Crippen LogP contribution in [-0.4, -0.2) is 25.9 Å². The highest BCUT2D eigenvalue weighted by atomic mass is 32.2. The Labute approximate surface area is 171 Å². The van der Waals surface area contributed by atoms with Gasteiger partial charge in [-0.25, -0.2) is 13.1 Å². The highest BCUT2D eigenvalue weighted by molar-refractivity contribution is 7.88. The summed E-state index contributed by atoms with van der Waals surface area (Å²) in [5, 5.41) is 4.05. The lowest BCUT2D eigenvalue weighted by Gasteiger charge is -2.08. The zero-order valence-electron chi connectivity index (χ0n) is 16.1. The number of carbonyl (C=O) groups excluding carboxylic acids is 1. The molecule has 1 aromatic heterocycles. The minimum atomic E-state index is -3.39. The zero-order chi connectivity index (χ0) is 20.7. The van der Waals surface area contributed by atoms with E-state index in [0.29, 0.717) is 17.7 Å². The molecule has 0 radical (unpaired) electrons. The molecule has 0 unspecified atom stereocenters. The number of amides is 1. The van der Waals surface area contributed by atoms with Crippen molar-refractivity contribution in [2.75, 3.05) is 11.9 Å². The fourth-order valence-corrected chi connectivity index (χ4v) is 4.25. The van der Waals surface area contributed by atoms with Gasteiger partial charge in [-0.3, -0.25) is 4.79 Å². The smallest absolute Gasteiger partial charge is 0.224 e. The van der Waals surface area contributed by atoms with Crippen LogP contribution < -0.4 is 10.0 Å². The summed E-state index contributed by atoms with van der Waals surface area (Å²) in [7, 11) is -3.39. The van der Waals surface area contributed by atoms with Crippen molar-refractivity contribution in [3.05, 3.63) is 78.5 Å². The second-order valence-corrected chi connectivity index (χ2v) is 8.66. The molecule has 3 rings (SSSR count). The van der Waals surface area contributed by atoms with Crippen LogP contribution in [0.25, 0.3) is 10.9 Å². The first-order valence-electron chi connectivity index (χ1n) is 9.49. The largest absolute Gasteiger partial charge is 0.361 e. The number of para-hydroxylation sites is 1. The highest BCUT2D eigenvalue weighted by Gasteiger charge is 2.10. The number of aromatic nitrogens is 1. The van der Waals surface area contributed by atoms with Gasteiger partial charge in [-0.15, -0.1) is 6.58 Å². The number of benzene rings is 2. The third-order valence-electron chi connectivity index (χ3n) is 4.57. The summed E-state index contributed by atoms with van der Waals surface area (Å²) in [6, 6.07) is 15.0. The van der Waals surface area contributed by atoms with E-state index in [4.69, 9.17) is 0 Å². The van der Waals surface area contributed by atoms with Gasteiger partial charge in [-0.1, -0.05) is 36.4 Å². The molecule has 1 heterocycles. The Hall–Kier alpha value is -2.90. The maximum Gasteiger partial charge on any atom is 0.224 e. The Kier molecular flexibility index (Phi) is 6.85. The summed E-state index contributed by atoms with van der Waals surface area (Å²) in [6.45, 7) is 3.69. The number of rotatable bonds is 10. The van der Waals surface area contributed by atoms with Gasteiger partial charge in [0.15, 0.2) is 0 Å². The number of aryl methyl sites for hydroxylation is 1. The first kappa shape index (κ1) is 20.8. The second-order valence-electron chi connectivity index (χ2n) is 6.85. The first-order chi connectivity index (χ1) is 14.0. The Morgan fingerprint density at radius 3 is 2.62 bits per heavy atom. The summed E-state index contributed by atoms with van der Waals surface area (Å²) in [5.41, 5.74) is 3.62. The summed E-state index contributed by atoms with van der Waals surface area (Å²) in [4.78, 5) is 15.4. The van der Waals surface area contributed by atoms with Crippen molar-refractivity contribution in [2.24, 2.45) is 0 Å². The molecule has 152 valence electrons. The van der Waals surface area contributed by atoms with Crippen molar-refractivity contribution in [3.8, 4) is 0 Å². The highest BCUT2D eigenvalue weighted by Crippen LogP contribution is 2.19. The fourth-order valence-electron chi connectivity index (χ4n) is 3.14. The molecule has 0 atom stereocenters. The number of nitrogens with one attached hydrogen (secondary N) is 3. The molecule has 1 amide bonds. The van der Waals surface area contributed by atoms with E-state index in [0.717, 1.165) is 18.4 Å². The number of hydrogen-bond donors (Lipinski definition) is 3. The van der Waals surface area contributed by atoms with Crippen LogP contribution >= 0.6 is 0 Å². The zero-order valence-corrected chi connectivity index (χ0v) is 17.0. The molecule has 0 aliphatic carbocycles. The van der Waals surface area contributed by atoms with Gasteiger partial charge in [0, 0.05) is 35.8 Å². The number of H-pyrrole nitrogens is 1. The molecule has 0 aliphatic rings. The van der Waals surface area contributed by atoms with Gasteiger partial charge in [0.1, 0.15) is 0 Å². The number of aromatic amines is 1. The molecular formula is C22H25N3O3S. The maximum absolute atomic E-state index is 12.2. The van der Waals surface area contributed by atoms with E-state index in [1.165, 1.54) is 17.0 Å². The lowest BCUT2D eigenvalue weighted by Crippen LogP contribution is -2.25. The van der Waals surface area contributed by atoms with E-state index in [1.807, 2.05) is 24.4 Å². The van der Waals surface area contributed by atoms with Gasteiger partial charge in [-0.2, -0.15) is 0 Å². The number of hydrogen-bond acceptors (Lipinski definition) is 3. The summed E-state index contributed by atoms with van der Waals surface area (Å²) < 4.78 is 26.2. The Morgan fingerprint density at radius 2 is 1.86 bits per heavy atom. The lowest BCUT2D eigenvalue weighted by atomic mass is 10.1. The number of fused-ring (bicyclic) bond motifs is 1. The van der Waals surface area contributed by atoms with Crippen LogP contribution in [0.1, 0.15) is 24.0 Å². The predicted octanol–water partition coefficient (Wildman–Crippen LogP) is 3.73.